The highest BCUT2D eigenvalue weighted by Gasteiger charge is 2.49. The second-order valence-corrected chi connectivity index (χ2v) is 7.63. The van der Waals surface area contributed by atoms with Gasteiger partial charge in [-0.1, -0.05) is 30.3 Å². The average molecular weight is 407 g/mol. The Hall–Kier alpha value is -2.25. The molecule has 0 bridgehead atoms. The summed E-state index contributed by atoms with van der Waals surface area (Å²) in [6, 6.07) is 14.4. The molecule has 3 atom stereocenters. The maximum absolute atomic E-state index is 12.7. The van der Waals surface area contributed by atoms with Crippen molar-refractivity contribution in [1.82, 2.24) is 5.32 Å². The number of methoxy groups -OCH3 is 1. The Labute approximate surface area is 168 Å². The van der Waals surface area contributed by atoms with Crippen LogP contribution < -0.4 is 14.8 Å². The number of rotatable bonds is 4. The summed E-state index contributed by atoms with van der Waals surface area (Å²) in [5.41, 5.74) is 1.45. The molecule has 0 aromatic heterocycles. The zero-order valence-corrected chi connectivity index (χ0v) is 16.2. The minimum absolute atomic E-state index is 0.0445. The van der Waals surface area contributed by atoms with Crippen LogP contribution in [-0.4, -0.2) is 32.2 Å². The van der Waals surface area contributed by atoms with E-state index in [4.69, 9.17) is 9.47 Å². The lowest BCUT2D eigenvalue weighted by Gasteiger charge is -2.41. The van der Waals surface area contributed by atoms with Crippen molar-refractivity contribution in [2.75, 3.05) is 20.3 Å². The maximum atomic E-state index is 12.7. The van der Waals surface area contributed by atoms with Gasteiger partial charge in [0.2, 0.25) is 0 Å². The molecule has 2 fully saturated rings. The van der Waals surface area contributed by atoms with Gasteiger partial charge < -0.3 is 19.5 Å². The molecule has 2 aliphatic heterocycles. The molecule has 0 radical (unpaired) electrons. The van der Waals surface area contributed by atoms with Crippen LogP contribution in [0.25, 0.3) is 0 Å². The fourth-order valence-electron chi connectivity index (χ4n) is 4.64. The van der Waals surface area contributed by atoms with Crippen LogP contribution in [0.3, 0.4) is 0 Å². The molecule has 2 aromatic rings. The molecule has 2 aromatic carbocycles. The number of ether oxygens (including phenoxy) is 3. The molecule has 4 rings (SSSR count). The van der Waals surface area contributed by atoms with Crippen molar-refractivity contribution in [3.05, 3.63) is 59.7 Å². The number of hydrogen-bond acceptors (Lipinski definition) is 4. The molecule has 0 unspecified atom stereocenters. The van der Waals surface area contributed by atoms with Gasteiger partial charge in [0, 0.05) is 11.5 Å². The second-order valence-electron chi connectivity index (χ2n) is 7.63. The molecular weight excluding hydrogens is 383 g/mol. The highest BCUT2D eigenvalue weighted by Crippen LogP contribution is 2.50. The van der Waals surface area contributed by atoms with Crippen molar-refractivity contribution in [2.45, 2.75) is 43.2 Å². The summed E-state index contributed by atoms with van der Waals surface area (Å²) in [5.74, 6) is 0.230. The fourth-order valence-corrected chi connectivity index (χ4v) is 4.64. The molecule has 29 heavy (non-hydrogen) atoms. The fraction of sp³-hybridized carbons (Fsp3) is 0.455. The van der Waals surface area contributed by atoms with Crippen molar-refractivity contribution >= 4 is 0 Å². The Kier molecular flexibility index (Phi) is 5.44. The standard InChI is InChI=1S/C22H24F3NO3/c1-27-19-9-8-17(29-22(23,24)25)12-18(19)16-13-21(28-14-16)10-5-11-26-20(21)15-6-3-2-4-7-15/h2-4,6-9,12,16,20,26H,5,10-11,13-14H2,1H3/t16-,20-,21+/m0/s1. The van der Waals surface area contributed by atoms with E-state index in [1.54, 1.807) is 0 Å². The van der Waals surface area contributed by atoms with Crippen LogP contribution in [-0.2, 0) is 4.74 Å². The highest BCUT2D eigenvalue weighted by molar-refractivity contribution is 5.43. The monoisotopic (exact) mass is 407 g/mol. The van der Waals surface area contributed by atoms with Gasteiger partial charge in [0.05, 0.1) is 25.4 Å². The summed E-state index contributed by atoms with van der Waals surface area (Å²) in [6.07, 6.45) is -2.14. The van der Waals surface area contributed by atoms with Crippen LogP contribution in [0.15, 0.2) is 48.5 Å². The van der Waals surface area contributed by atoms with Gasteiger partial charge in [-0.3, -0.25) is 0 Å². The van der Waals surface area contributed by atoms with Gasteiger partial charge in [-0.2, -0.15) is 0 Å². The molecule has 2 aliphatic rings. The Morgan fingerprint density at radius 1 is 1.14 bits per heavy atom. The summed E-state index contributed by atoms with van der Waals surface area (Å²) in [7, 11) is 1.52. The van der Waals surface area contributed by atoms with E-state index in [1.165, 1.54) is 25.3 Å². The van der Waals surface area contributed by atoms with Crippen molar-refractivity contribution in [3.63, 3.8) is 0 Å². The van der Waals surface area contributed by atoms with E-state index in [1.807, 2.05) is 18.2 Å². The number of nitrogens with one attached hydrogen (secondary N) is 1. The van der Waals surface area contributed by atoms with E-state index < -0.39 is 12.0 Å². The van der Waals surface area contributed by atoms with Crippen molar-refractivity contribution in [2.24, 2.45) is 0 Å². The Bertz CT molecular complexity index is 843. The predicted octanol–water partition coefficient (Wildman–Crippen LogP) is 4.96. The number of piperidine rings is 1. The minimum atomic E-state index is -4.73. The van der Waals surface area contributed by atoms with E-state index in [-0.39, 0.29) is 17.7 Å². The molecule has 1 spiro atoms. The predicted molar refractivity (Wildman–Crippen MR) is 102 cm³/mol. The molecule has 4 nitrogen and oxygen atoms in total. The molecular formula is C22H24F3NO3. The first-order chi connectivity index (χ1) is 13.9. The normalized spacial score (nSPS) is 27.2. The zero-order valence-electron chi connectivity index (χ0n) is 16.2. The van der Waals surface area contributed by atoms with Crippen LogP contribution in [0, 0.1) is 0 Å². The summed E-state index contributed by atoms with van der Waals surface area (Å²) < 4.78 is 53.9. The maximum Gasteiger partial charge on any atom is 0.573 e. The van der Waals surface area contributed by atoms with Gasteiger partial charge in [-0.15, -0.1) is 13.2 Å². The number of alkyl halides is 3. The number of halogens is 3. The lowest BCUT2D eigenvalue weighted by Crippen LogP contribution is -2.48. The Morgan fingerprint density at radius 2 is 1.93 bits per heavy atom. The van der Waals surface area contributed by atoms with Gasteiger partial charge in [0.1, 0.15) is 11.5 Å². The first-order valence-corrected chi connectivity index (χ1v) is 9.76. The van der Waals surface area contributed by atoms with E-state index in [2.05, 4.69) is 22.2 Å². The van der Waals surface area contributed by atoms with E-state index in [0.717, 1.165) is 24.9 Å². The van der Waals surface area contributed by atoms with Crippen LogP contribution in [0.1, 0.15) is 42.3 Å². The largest absolute Gasteiger partial charge is 0.573 e. The quantitative estimate of drug-likeness (QED) is 0.778. The lowest BCUT2D eigenvalue weighted by molar-refractivity contribution is -0.274. The van der Waals surface area contributed by atoms with Gasteiger partial charge in [-0.25, -0.2) is 0 Å². The van der Waals surface area contributed by atoms with Crippen molar-refractivity contribution < 1.29 is 27.4 Å². The highest BCUT2D eigenvalue weighted by atomic mass is 19.4. The van der Waals surface area contributed by atoms with Gasteiger partial charge in [0.25, 0.3) is 0 Å². The van der Waals surface area contributed by atoms with Crippen LogP contribution in [0.4, 0.5) is 13.2 Å². The zero-order chi connectivity index (χ0) is 20.5. The third kappa shape index (κ3) is 4.21. The third-order valence-electron chi connectivity index (χ3n) is 5.82. The Balaban J connectivity index is 1.62. The van der Waals surface area contributed by atoms with E-state index in [0.29, 0.717) is 24.3 Å². The summed E-state index contributed by atoms with van der Waals surface area (Å²) in [6.45, 7) is 1.34. The Morgan fingerprint density at radius 3 is 2.66 bits per heavy atom. The third-order valence-corrected chi connectivity index (χ3v) is 5.82. The first kappa shape index (κ1) is 20.0. The van der Waals surface area contributed by atoms with Gasteiger partial charge in [-0.05, 0) is 49.6 Å². The van der Waals surface area contributed by atoms with Crippen LogP contribution in [0.5, 0.6) is 11.5 Å². The number of hydrogen-bond donors (Lipinski definition) is 1. The topological polar surface area (TPSA) is 39.7 Å². The molecule has 2 saturated heterocycles. The lowest BCUT2D eigenvalue weighted by atomic mass is 9.77. The second kappa shape index (κ2) is 7.88. The molecule has 0 aliphatic carbocycles. The van der Waals surface area contributed by atoms with E-state index >= 15 is 0 Å². The molecule has 1 N–H and O–H groups in total. The molecule has 156 valence electrons. The smallest absolute Gasteiger partial charge is 0.496 e. The van der Waals surface area contributed by atoms with Gasteiger partial charge in [0.15, 0.2) is 0 Å². The minimum Gasteiger partial charge on any atom is -0.496 e. The number of benzene rings is 2. The van der Waals surface area contributed by atoms with Crippen LogP contribution >= 0.6 is 0 Å². The van der Waals surface area contributed by atoms with Crippen LogP contribution in [0.2, 0.25) is 0 Å². The molecule has 0 saturated carbocycles. The summed E-state index contributed by atoms with van der Waals surface area (Å²) in [4.78, 5) is 0. The SMILES string of the molecule is COc1ccc(OC(F)(F)F)cc1[C@@H]1CO[C@]2(CCCN[C@H]2c2ccccc2)C1. The molecule has 7 heteroatoms. The van der Waals surface area contributed by atoms with Gasteiger partial charge >= 0.3 is 6.36 Å². The molecule has 2 heterocycles. The molecule has 0 amide bonds. The average Bonchev–Trinajstić information content (AvgIpc) is 3.12. The van der Waals surface area contributed by atoms with E-state index in [9.17, 15) is 13.2 Å². The summed E-state index contributed by atoms with van der Waals surface area (Å²) >= 11 is 0. The summed E-state index contributed by atoms with van der Waals surface area (Å²) in [5, 5.41) is 3.58. The van der Waals surface area contributed by atoms with Crippen molar-refractivity contribution in [3.8, 4) is 11.5 Å². The first-order valence-electron chi connectivity index (χ1n) is 9.76. The van der Waals surface area contributed by atoms with Crippen molar-refractivity contribution in [1.29, 1.82) is 0 Å².